The van der Waals surface area contributed by atoms with Crippen LogP contribution in [0.3, 0.4) is 0 Å². The van der Waals surface area contributed by atoms with Gasteiger partial charge in [0.25, 0.3) is 0 Å². The average molecular weight is 385 g/mol. The van der Waals surface area contributed by atoms with E-state index in [1.165, 1.54) is 0 Å². The summed E-state index contributed by atoms with van der Waals surface area (Å²) in [6.07, 6.45) is 0.590. The standard InChI is InChI=1S/C21H21F2N3O2/c1-13(2)26-21(28-20(25-26)16-11-15(22)7-8-18(16)23)14(9-10-24)12-27-19-6-4-3-5-17(19)21/h3-8,11,14H,1,9-10,12,24H2,2H3. The van der Waals surface area contributed by atoms with Gasteiger partial charge in [-0.25, -0.2) is 13.8 Å². The van der Waals surface area contributed by atoms with E-state index in [-0.39, 0.29) is 17.4 Å². The molecule has 0 aliphatic carbocycles. The second-order valence-corrected chi connectivity index (χ2v) is 6.96. The predicted molar refractivity (Wildman–Crippen MR) is 101 cm³/mol. The summed E-state index contributed by atoms with van der Waals surface area (Å²) in [7, 11) is 0. The average Bonchev–Trinajstić information content (AvgIpc) is 3.08. The summed E-state index contributed by atoms with van der Waals surface area (Å²) in [4.78, 5) is 0. The molecule has 0 aromatic heterocycles. The van der Waals surface area contributed by atoms with Gasteiger partial charge >= 0.3 is 0 Å². The quantitative estimate of drug-likeness (QED) is 0.872. The van der Waals surface area contributed by atoms with Gasteiger partial charge in [0.2, 0.25) is 11.6 Å². The van der Waals surface area contributed by atoms with Crippen LogP contribution in [-0.2, 0) is 10.5 Å². The number of nitrogens with zero attached hydrogens (tertiary/aromatic N) is 2. The molecular formula is C21H21F2N3O2. The summed E-state index contributed by atoms with van der Waals surface area (Å²) < 4.78 is 40.5. The molecule has 0 amide bonds. The van der Waals surface area contributed by atoms with Crippen molar-refractivity contribution in [3.8, 4) is 5.75 Å². The number of rotatable bonds is 4. The highest BCUT2D eigenvalue weighted by molar-refractivity contribution is 5.95. The van der Waals surface area contributed by atoms with Gasteiger partial charge in [-0.1, -0.05) is 18.7 Å². The van der Waals surface area contributed by atoms with Gasteiger partial charge in [-0.2, -0.15) is 0 Å². The molecule has 5 nitrogen and oxygen atoms in total. The predicted octanol–water partition coefficient (Wildman–Crippen LogP) is 3.70. The van der Waals surface area contributed by atoms with Gasteiger partial charge in [0.15, 0.2) is 0 Å². The Bertz CT molecular complexity index is 962. The van der Waals surface area contributed by atoms with E-state index in [2.05, 4.69) is 11.7 Å². The number of fused-ring (bicyclic) bond motifs is 2. The van der Waals surface area contributed by atoms with E-state index in [4.69, 9.17) is 15.2 Å². The largest absolute Gasteiger partial charge is 0.493 e. The molecule has 0 saturated heterocycles. The second kappa shape index (κ2) is 6.91. The van der Waals surface area contributed by atoms with Crippen LogP contribution in [0.25, 0.3) is 0 Å². The van der Waals surface area contributed by atoms with Gasteiger partial charge in [0, 0.05) is 5.70 Å². The summed E-state index contributed by atoms with van der Waals surface area (Å²) >= 11 is 0. The van der Waals surface area contributed by atoms with Crippen LogP contribution >= 0.6 is 0 Å². The van der Waals surface area contributed by atoms with Gasteiger partial charge < -0.3 is 15.2 Å². The van der Waals surface area contributed by atoms with E-state index in [0.29, 0.717) is 31.0 Å². The third-order valence-electron chi connectivity index (χ3n) is 5.06. The van der Waals surface area contributed by atoms with Gasteiger partial charge in [-0.05, 0) is 50.2 Å². The topological polar surface area (TPSA) is 60.1 Å². The molecule has 0 radical (unpaired) electrons. The molecule has 28 heavy (non-hydrogen) atoms. The summed E-state index contributed by atoms with van der Waals surface area (Å²) in [6.45, 7) is 6.58. The van der Waals surface area contributed by atoms with E-state index in [1.54, 1.807) is 11.9 Å². The van der Waals surface area contributed by atoms with Crippen LogP contribution in [0.2, 0.25) is 0 Å². The molecule has 2 aromatic rings. The van der Waals surface area contributed by atoms with E-state index < -0.39 is 17.4 Å². The number of hydrazone groups is 1. The molecule has 7 heteroatoms. The van der Waals surface area contributed by atoms with Crippen LogP contribution in [0.4, 0.5) is 8.78 Å². The minimum atomic E-state index is -1.09. The number of nitrogens with two attached hydrogens (primary N) is 1. The number of hydrogen-bond donors (Lipinski definition) is 1. The Morgan fingerprint density at radius 2 is 2.11 bits per heavy atom. The van der Waals surface area contributed by atoms with Crippen molar-refractivity contribution in [3.63, 3.8) is 0 Å². The number of halogens is 2. The van der Waals surface area contributed by atoms with Gasteiger partial charge in [-0.15, -0.1) is 5.10 Å². The third-order valence-corrected chi connectivity index (χ3v) is 5.06. The fourth-order valence-electron chi connectivity index (χ4n) is 3.83. The summed E-state index contributed by atoms with van der Waals surface area (Å²) in [5.74, 6) is -0.732. The Kier molecular flexibility index (Phi) is 4.55. The van der Waals surface area contributed by atoms with Crippen molar-refractivity contribution in [3.05, 3.63) is 77.5 Å². The van der Waals surface area contributed by atoms with Gasteiger partial charge in [0.1, 0.15) is 17.4 Å². The minimum Gasteiger partial charge on any atom is -0.493 e. The number of ether oxygens (including phenoxy) is 2. The zero-order chi connectivity index (χ0) is 19.9. The highest BCUT2D eigenvalue weighted by atomic mass is 19.1. The van der Waals surface area contributed by atoms with Crippen LogP contribution in [0, 0.1) is 17.6 Å². The maximum absolute atomic E-state index is 14.4. The minimum absolute atomic E-state index is 0.00118. The molecule has 0 fully saturated rings. The Morgan fingerprint density at radius 3 is 2.86 bits per heavy atom. The van der Waals surface area contributed by atoms with E-state index in [9.17, 15) is 8.78 Å². The molecule has 2 aromatic carbocycles. The molecule has 2 heterocycles. The monoisotopic (exact) mass is 385 g/mol. The summed E-state index contributed by atoms with van der Waals surface area (Å²) in [6, 6.07) is 10.7. The highest BCUT2D eigenvalue weighted by Gasteiger charge is 2.56. The van der Waals surface area contributed by atoms with Gasteiger partial charge in [-0.3, -0.25) is 0 Å². The lowest BCUT2D eigenvalue weighted by Gasteiger charge is -2.45. The molecule has 0 saturated carbocycles. The first-order valence-electron chi connectivity index (χ1n) is 9.08. The highest BCUT2D eigenvalue weighted by Crippen LogP contribution is 2.51. The van der Waals surface area contributed by atoms with Crippen molar-refractivity contribution < 1.29 is 18.3 Å². The molecule has 2 aliphatic rings. The van der Waals surface area contributed by atoms with Crippen LogP contribution in [0.5, 0.6) is 5.75 Å². The van der Waals surface area contributed by atoms with Crippen molar-refractivity contribution in [2.45, 2.75) is 19.1 Å². The zero-order valence-corrected chi connectivity index (χ0v) is 15.5. The Hall–Kier alpha value is -2.93. The first-order valence-corrected chi connectivity index (χ1v) is 9.08. The smallest absolute Gasteiger partial charge is 0.244 e. The molecule has 2 aliphatic heterocycles. The summed E-state index contributed by atoms with van der Waals surface area (Å²) in [5.41, 5.74) is 6.06. The van der Waals surface area contributed by atoms with Crippen molar-refractivity contribution in [1.29, 1.82) is 0 Å². The second-order valence-electron chi connectivity index (χ2n) is 6.96. The van der Waals surface area contributed by atoms with E-state index >= 15 is 0 Å². The number of benzene rings is 2. The van der Waals surface area contributed by atoms with Crippen molar-refractivity contribution >= 4 is 5.90 Å². The van der Waals surface area contributed by atoms with Crippen molar-refractivity contribution in [1.82, 2.24) is 5.01 Å². The molecular weight excluding hydrogens is 364 g/mol. The Morgan fingerprint density at radius 1 is 1.32 bits per heavy atom. The number of hydrogen-bond acceptors (Lipinski definition) is 5. The molecule has 2 N–H and O–H groups in total. The fourth-order valence-corrected chi connectivity index (χ4v) is 3.83. The first-order chi connectivity index (χ1) is 13.5. The molecule has 1 spiro atoms. The Balaban J connectivity index is 1.89. The maximum Gasteiger partial charge on any atom is 0.244 e. The third kappa shape index (κ3) is 2.74. The lowest BCUT2D eigenvalue weighted by molar-refractivity contribution is -0.127. The SMILES string of the molecule is C=C(C)N1N=C(c2cc(F)ccc2F)OC12c1ccccc1OCC2CCN. The molecule has 4 rings (SSSR count). The molecule has 2 atom stereocenters. The maximum atomic E-state index is 14.4. The number of para-hydroxylation sites is 1. The summed E-state index contributed by atoms with van der Waals surface area (Å²) in [5, 5.41) is 6.13. The van der Waals surface area contributed by atoms with Gasteiger partial charge in [0.05, 0.1) is 23.7 Å². The molecule has 146 valence electrons. The Labute approximate surface area is 162 Å². The van der Waals surface area contributed by atoms with Crippen LogP contribution < -0.4 is 10.5 Å². The van der Waals surface area contributed by atoms with Crippen molar-refractivity contribution in [2.24, 2.45) is 16.8 Å². The van der Waals surface area contributed by atoms with Crippen LogP contribution in [0.1, 0.15) is 24.5 Å². The van der Waals surface area contributed by atoms with E-state index in [0.717, 1.165) is 23.8 Å². The lowest BCUT2D eigenvalue weighted by atomic mass is 9.83. The zero-order valence-electron chi connectivity index (χ0n) is 15.5. The van der Waals surface area contributed by atoms with Crippen LogP contribution in [0.15, 0.2) is 59.8 Å². The fraction of sp³-hybridized carbons (Fsp3) is 0.286. The first kappa shape index (κ1) is 18.4. The van der Waals surface area contributed by atoms with Crippen molar-refractivity contribution in [2.75, 3.05) is 13.2 Å². The van der Waals surface area contributed by atoms with E-state index in [1.807, 2.05) is 24.3 Å². The molecule has 2 unspecified atom stereocenters. The molecule has 0 bridgehead atoms. The normalized spacial score (nSPS) is 23.1. The number of allylic oxidation sites excluding steroid dienone is 1. The van der Waals surface area contributed by atoms with Crippen LogP contribution in [-0.4, -0.2) is 24.1 Å². The lowest BCUT2D eigenvalue weighted by Crippen LogP contribution is -2.52.